The summed E-state index contributed by atoms with van der Waals surface area (Å²) < 4.78 is 40.1. The fraction of sp³-hybridized carbons (Fsp3) is 0. The maximum Gasteiger partial charge on any atom is 0.261 e. The van der Waals surface area contributed by atoms with Crippen LogP contribution in [0.1, 0.15) is 0 Å². The summed E-state index contributed by atoms with van der Waals surface area (Å²) in [6.07, 6.45) is 0. The highest BCUT2D eigenvalue weighted by Crippen LogP contribution is 2.26. The number of hydrogen-bond acceptors (Lipinski definition) is 3. The molecule has 4 nitrogen and oxygen atoms in total. The van der Waals surface area contributed by atoms with Crippen molar-refractivity contribution < 1.29 is 12.8 Å². The van der Waals surface area contributed by atoms with Crippen LogP contribution in [-0.4, -0.2) is 13.4 Å². The first-order valence-electron chi connectivity index (χ1n) is 6.29. The van der Waals surface area contributed by atoms with E-state index in [1.165, 1.54) is 12.1 Å². The average molecular weight is 337 g/mol. The molecule has 22 heavy (non-hydrogen) atoms. The average Bonchev–Trinajstić information content (AvgIpc) is 2.47. The van der Waals surface area contributed by atoms with Crippen LogP contribution in [0, 0.1) is 5.82 Å². The first-order valence-corrected chi connectivity index (χ1v) is 8.15. The number of halogens is 2. The van der Waals surface area contributed by atoms with Gasteiger partial charge in [-0.25, -0.2) is 17.8 Å². The standard InChI is InChI=1S/C15H10ClFN2O2S/c16-15-9-8-12-13(18-15)2-1-3-14(12)19-22(20,21)11-6-4-10(17)5-7-11/h1-9,19H. The Morgan fingerprint density at radius 2 is 1.73 bits per heavy atom. The Balaban J connectivity index is 2.04. The number of hydrogen-bond donors (Lipinski definition) is 1. The molecule has 3 rings (SSSR count). The minimum atomic E-state index is -3.81. The second kappa shape index (κ2) is 5.55. The zero-order valence-corrected chi connectivity index (χ0v) is 12.7. The molecule has 0 saturated carbocycles. The third kappa shape index (κ3) is 2.88. The van der Waals surface area contributed by atoms with Gasteiger partial charge in [0.2, 0.25) is 0 Å². The molecule has 0 saturated heterocycles. The minimum absolute atomic E-state index is 0.0205. The van der Waals surface area contributed by atoms with Gasteiger partial charge < -0.3 is 0 Å². The van der Waals surface area contributed by atoms with Gasteiger partial charge in [-0.1, -0.05) is 17.7 Å². The first kappa shape index (κ1) is 14.7. The molecule has 0 atom stereocenters. The fourth-order valence-corrected chi connectivity index (χ4v) is 3.27. The summed E-state index contributed by atoms with van der Waals surface area (Å²) in [5, 5.41) is 0.948. The Bertz CT molecular complexity index is 943. The van der Waals surface area contributed by atoms with E-state index in [4.69, 9.17) is 11.6 Å². The van der Waals surface area contributed by atoms with Crippen LogP contribution in [-0.2, 0) is 10.0 Å². The number of sulfonamides is 1. The van der Waals surface area contributed by atoms with Crippen molar-refractivity contribution >= 4 is 38.2 Å². The van der Waals surface area contributed by atoms with Crippen LogP contribution >= 0.6 is 11.6 Å². The zero-order valence-electron chi connectivity index (χ0n) is 11.1. The number of fused-ring (bicyclic) bond motifs is 1. The summed E-state index contributed by atoms with van der Waals surface area (Å²) in [7, 11) is -3.81. The first-order chi connectivity index (χ1) is 10.5. The molecule has 0 fully saturated rings. The Morgan fingerprint density at radius 3 is 2.45 bits per heavy atom. The summed E-state index contributed by atoms with van der Waals surface area (Å²) in [6.45, 7) is 0. The topological polar surface area (TPSA) is 59.1 Å². The molecular formula is C15H10ClFN2O2S. The molecule has 0 aliphatic rings. The minimum Gasteiger partial charge on any atom is -0.279 e. The highest BCUT2D eigenvalue weighted by Gasteiger charge is 2.15. The van der Waals surface area contributed by atoms with Crippen molar-refractivity contribution in [3.05, 3.63) is 65.6 Å². The van der Waals surface area contributed by atoms with Crippen molar-refractivity contribution in [1.82, 2.24) is 4.98 Å². The van der Waals surface area contributed by atoms with Crippen molar-refractivity contribution in [1.29, 1.82) is 0 Å². The van der Waals surface area contributed by atoms with Crippen LogP contribution in [0.25, 0.3) is 10.9 Å². The molecule has 112 valence electrons. The SMILES string of the molecule is O=S(=O)(Nc1cccc2nc(Cl)ccc12)c1ccc(F)cc1. The van der Waals surface area contributed by atoms with E-state index in [1.807, 2.05) is 0 Å². The summed E-state index contributed by atoms with van der Waals surface area (Å²) >= 11 is 5.83. The van der Waals surface area contributed by atoms with Gasteiger partial charge in [0.1, 0.15) is 11.0 Å². The van der Waals surface area contributed by atoms with Crippen molar-refractivity contribution in [2.45, 2.75) is 4.90 Å². The maximum absolute atomic E-state index is 12.9. The number of nitrogens with one attached hydrogen (secondary N) is 1. The van der Waals surface area contributed by atoms with Crippen molar-refractivity contribution in [2.24, 2.45) is 0 Å². The largest absolute Gasteiger partial charge is 0.279 e. The highest BCUT2D eigenvalue weighted by molar-refractivity contribution is 7.92. The number of pyridine rings is 1. The van der Waals surface area contributed by atoms with E-state index in [9.17, 15) is 12.8 Å². The Morgan fingerprint density at radius 1 is 1.00 bits per heavy atom. The van der Waals surface area contributed by atoms with E-state index in [1.54, 1.807) is 30.3 Å². The van der Waals surface area contributed by atoms with Gasteiger partial charge in [-0.2, -0.15) is 0 Å². The predicted octanol–water partition coefficient (Wildman–Crippen LogP) is 3.83. The van der Waals surface area contributed by atoms with Gasteiger partial charge in [-0.15, -0.1) is 0 Å². The molecule has 1 aromatic heterocycles. The van der Waals surface area contributed by atoms with E-state index >= 15 is 0 Å². The summed E-state index contributed by atoms with van der Waals surface area (Å²) in [6, 6.07) is 12.9. The second-order valence-corrected chi connectivity index (χ2v) is 6.64. The molecule has 2 aromatic carbocycles. The Labute approximate surface area is 131 Å². The zero-order chi connectivity index (χ0) is 15.7. The van der Waals surface area contributed by atoms with Crippen LogP contribution in [0.4, 0.5) is 10.1 Å². The molecule has 0 bridgehead atoms. The molecule has 0 radical (unpaired) electrons. The monoisotopic (exact) mass is 336 g/mol. The summed E-state index contributed by atoms with van der Waals surface area (Å²) in [5.74, 6) is -0.497. The lowest BCUT2D eigenvalue weighted by Gasteiger charge is -2.10. The van der Waals surface area contributed by atoms with Crippen molar-refractivity contribution in [3.8, 4) is 0 Å². The predicted molar refractivity (Wildman–Crippen MR) is 84.0 cm³/mol. The molecule has 1 heterocycles. The Hall–Kier alpha value is -2.18. The Kier molecular flexibility index (Phi) is 3.72. The number of anilines is 1. The van der Waals surface area contributed by atoms with Crippen LogP contribution in [0.15, 0.2) is 59.5 Å². The lowest BCUT2D eigenvalue weighted by atomic mass is 10.2. The molecule has 0 aliphatic heterocycles. The molecular weight excluding hydrogens is 327 g/mol. The van der Waals surface area contributed by atoms with E-state index in [0.717, 1.165) is 12.1 Å². The van der Waals surface area contributed by atoms with Gasteiger partial charge in [0.05, 0.1) is 16.1 Å². The third-order valence-corrected chi connectivity index (χ3v) is 4.66. The van der Waals surface area contributed by atoms with Gasteiger partial charge in [-0.05, 0) is 48.5 Å². The van der Waals surface area contributed by atoms with Crippen molar-refractivity contribution in [2.75, 3.05) is 4.72 Å². The van der Waals surface area contributed by atoms with Gasteiger partial charge >= 0.3 is 0 Å². The molecule has 0 amide bonds. The summed E-state index contributed by atoms with van der Waals surface area (Å²) in [4.78, 5) is 4.11. The highest BCUT2D eigenvalue weighted by atomic mass is 35.5. The lowest BCUT2D eigenvalue weighted by Crippen LogP contribution is -2.13. The lowest BCUT2D eigenvalue weighted by molar-refractivity contribution is 0.599. The molecule has 0 unspecified atom stereocenters. The van der Waals surface area contributed by atoms with Crippen LogP contribution in [0.5, 0.6) is 0 Å². The number of benzene rings is 2. The van der Waals surface area contributed by atoms with Gasteiger partial charge in [0.15, 0.2) is 0 Å². The number of aromatic nitrogens is 1. The quantitative estimate of drug-likeness (QED) is 0.739. The summed E-state index contributed by atoms with van der Waals surface area (Å²) in [5.41, 5.74) is 0.956. The molecule has 0 spiro atoms. The number of rotatable bonds is 3. The van der Waals surface area contributed by atoms with Gasteiger partial charge in [0.25, 0.3) is 10.0 Å². The van der Waals surface area contributed by atoms with Crippen molar-refractivity contribution in [3.63, 3.8) is 0 Å². The smallest absolute Gasteiger partial charge is 0.261 e. The third-order valence-electron chi connectivity index (χ3n) is 3.07. The van der Waals surface area contributed by atoms with Gasteiger partial charge in [-0.3, -0.25) is 4.72 Å². The van der Waals surface area contributed by atoms with Gasteiger partial charge in [0, 0.05) is 5.39 Å². The van der Waals surface area contributed by atoms with Crippen LogP contribution in [0.2, 0.25) is 5.15 Å². The van der Waals surface area contributed by atoms with E-state index in [2.05, 4.69) is 9.71 Å². The number of nitrogens with zero attached hydrogens (tertiary/aromatic N) is 1. The van der Waals surface area contributed by atoms with Crippen LogP contribution < -0.4 is 4.72 Å². The molecule has 3 aromatic rings. The molecule has 7 heteroatoms. The van der Waals surface area contributed by atoms with E-state index in [0.29, 0.717) is 21.7 Å². The molecule has 1 N–H and O–H groups in total. The fourth-order valence-electron chi connectivity index (χ4n) is 2.04. The van der Waals surface area contributed by atoms with E-state index in [-0.39, 0.29) is 4.90 Å². The van der Waals surface area contributed by atoms with Crippen LogP contribution in [0.3, 0.4) is 0 Å². The maximum atomic E-state index is 12.9. The molecule has 0 aliphatic carbocycles. The second-order valence-electron chi connectivity index (χ2n) is 4.57. The normalized spacial score (nSPS) is 11.5. The van der Waals surface area contributed by atoms with E-state index < -0.39 is 15.8 Å².